The average molecular weight is 458 g/mol. The molecule has 34 heavy (non-hydrogen) atoms. The number of fused-ring (bicyclic) bond motifs is 1. The number of nitrogens with zero attached hydrogens (tertiary/aromatic N) is 1. The minimum atomic E-state index is 0.0379. The lowest BCUT2D eigenvalue weighted by molar-refractivity contribution is -0.0182. The van der Waals surface area contributed by atoms with Gasteiger partial charge in [-0.15, -0.1) is 0 Å². The second-order valence-electron chi connectivity index (χ2n) is 8.77. The third kappa shape index (κ3) is 5.77. The molecule has 1 unspecified atom stereocenters. The van der Waals surface area contributed by atoms with Crippen molar-refractivity contribution in [3.63, 3.8) is 0 Å². The van der Waals surface area contributed by atoms with E-state index < -0.39 is 0 Å². The van der Waals surface area contributed by atoms with Crippen LogP contribution in [0.1, 0.15) is 36.1 Å². The Balaban J connectivity index is 1.32. The van der Waals surface area contributed by atoms with Crippen LogP contribution in [-0.2, 0) is 22.7 Å². The van der Waals surface area contributed by atoms with E-state index in [9.17, 15) is 0 Å². The number of hydrogen-bond donors (Lipinski definition) is 0. The van der Waals surface area contributed by atoms with Crippen LogP contribution in [0, 0.1) is 24.2 Å². The molecule has 0 spiro atoms. The maximum Gasteiger partial charge on any atom is 0.161 e. The van der Waals surface area contributed by atoms with Gasteiger partial charge in [0.2, 0.25) is 0 Å². The van der Waals surface area contributed by atoms with Crippen LogP contribution in [-0.4, -0.2) is 25.9 Å². The van der Waals surface area contributed by atoms with Crippen molar-refractivity contribution in [3.05, 3.63) is 82.9 Å². The van der Waals surface area contributed by atoms with Gasteiger partial charge in [-0.25, -0.2) is 0 Å². The summed E-state index contributed by atoms with van der Waals surface area (Å²) in [5.41, 5.74) is 6.31. The first-order valence-electron chi connectivity index (χ1n) is 11.7. The van der Waals surface area contributed by atoms with Gasteiger partial charge in [0.15, 0.2) is 11.5 Å². The summed E-state index contributed by atoms with van der Waals surface area (Å²) in [6, 6.07) is 22.1. The molecule has 3 aromatic carbocycles. The third-order valence-corrected chi connectivity index (χ3v) is 6.31. The lowest BCUT2D eigenvalue weighted by Crippen LogP contribution is -2.22. The molecule has 0 fully saturated rings. The van der Waals surface area contributed by atoms with Gasteiger partial charge < -0.3 is 18.9 Å². The molecule has 5 nitrogen and oxygen atoms in total. The smallest absolute Gasteiger partial charge is 0.161 e. The van der Waals surface area contributed by atoms with Crippen LogP contribution < -0.4 is 9.47 Å². The van der Waals surface area contributed by atoms with Crippen molar-refractivity contribution in [2.45, 2.75) is 40.1 Å². The van der Waals surface area contributed by atoms with Crippen molar-refractivity contribution < 1.29 is 18.9 Å². The van der Waals surface area contributed by atoms with E-state index in [1.54, 1.807) is 6.07 Å². The van der Waals surface area contributed by atoms with Gasteiger partial charge in [-0.3, -0.25) is 0 Å². The Hall–Kier alpha value is -3.33. The molecule has 0 amide bonds. The van der Waals surface area contributed by atoms with Crippen LogP contribution in [0.5, 0.6) is 11.5 Å². The highest BCUT2D eigenvalue weighted by atomic mass is 16.6. The zero-order chi connectivity index (χ0) is 23.9. The zero-order valence-corrected chi connectivity index (χ0v) is 20.0. The summed E-state index contributed by atoms with van der Waals surface area (Å²) >= 11 is 0. The number of hydrogen-bond acceptors (Lipinski definition) is 5. The molecule has 0 N–H and O–H groups in total. The normalized spacial score (nSPS) is 14.3. The van der Waals surface area contributed by atoms with Crippen molar-refractivity contribution >= 4 is 0 Å². The van der Waals surface area contributed by atoms with E-state index in [0.29, 0.717) is 38.6 Å². The lowest BCUT2D eigenvalue weighted by atomic mass is 9.96. The van der Waals surface area contributed by atoms with Crippen LogP contribution in [0.2, 0.25) is 0 Å². The molecule has 0 saturated carbocycles. The molecule has 4 rings (SSSR count). The molecule has 0 aliphatic carbocycles. The third-order valence-electron chi connectivity index (χ3n) is 6.31. The van der Waals surface area contributed by atoms with Crippen LogP contribution in [0.25, 0.3) is 11.1 Å². The highest BCUT2D eigenvalue weighted by molar-refractivity contribution is 5.71. The van der Waals surface area contributed by atoms with Crippen LogP contribution >= 0.6 is 0 Å². The SMILES string of the molecule is Cc1c(COCC(C)[C@@H](C)OCc2cccc(C#N)c2)cccc1-c1ccc2c(c1)OCCO2. The van der Waals surface area contributed by atoms with E-state index in [2.05, 4.69) is 57.2 Å². The van der Waals surface area contributed by atoms with E-state index >= 15 is 0 Å². The maximum atomic E-state index is 9.05. The topological polar surface area (TPSA) is 60.7 Å². The van der Waals surface area contributed by atoms with Gasteiger partial charge >= 0.3 is 0 Å². The molecule has 3 aromatic rings. The second kappa shape index (κ2) is 11.2. The van der Waals surface area contributed by atoms with Crippen LogP contribution in [0.3, 0.4) is 0 Å². The van der Waals surface area contributed by atoms with Gasteiger partial charge in [-0.1, -0.05) is 43.3 Å². The summed E-state index contributed by atoms with van der Waals surface area (Å²) in [5.74, 6) is 1.84. The predicted molar refractivity (Wildman–Crippen MR) is 132 cm³/mol. The van der Waals surface area contributed by atoms with Crippen molar-refractivity contribution in [1.29, 1.82) is 5.26 Å². The Morgan fingerprint density at radius 2 is 1.74 bits per heavy atom. The summed E-state index contributed by atoms with van der Waals surface area (Å²) in [6.07, 6.45) is 0.0379. The standard InChI is InChI=1S/C29H31NO4/c1-20(22(3)34-18-24-7-4-6-23(14-24)16-30)17-31-19-26-8-5-9-27(21(26)2)25-10-11-28-29(15-25)33-13-12-32-28/h4-11,14-15,20,22H,12-13,17-19H2,1-3H3/t20?,22-/m1/s1. The first-order chi connectivity index (χ1) is 16.5. The van der Waals surface area contributed by atoms with Crippen LogP contribution in [0.15, 0.2) is 60.7 Å². The zero-order valence-electron chi connectivity index (χ0n) is 20.0. The Morgan fingerprint density at radius 3 is 2.56 bits per heavy atom. The van der Waals surface area contributed by atoms with E-state index in [4.69, 9.17) is 24.2 Å². The molecule has 5 heteroatoms. The summed E-state index contributed by atoms with van der Waals surface area (Å²) in [7, 11) is 0. The van der Waals surface area contributed by atoms with E-state index in [1.807, 2.05) is 24.3 Å². The summed E-state index contributed by atoms with van der Waals surface area (Å²) in [4.78, 5) is 0. The van der Waals surface area contributed by atoms with Gasteiger partial charge in [-0.05, 0) is 65.9 Å². The highest BCUT2D eigenvalue weighted by Gasteiger charge is 2.16. The first-order valence-corrected chi connectivity index (χ1v) is 11.7. The number of benzene rings is 3. The highest BCUT2D eigenvalue weighted by Crippen LogP contribution is 2.36. The number of nitriles is 1. The minimum Gasteiger partial charge on any atom is -0.486 e. The maximum absolute atomic E-state index is 9.05. The fourth-order valence-corrected chi connectivity index (χ4v) is 3.98. The quantitative estimate of drug-likeness (QED) is 0.391. The molecule has 1 heterocycles. The first kappa shape index (κ1) is 23.8. The van der Waals surface area contributed by atoms with Gasteiger partial charge in [0.1, 0.15) is 13.2 Å². The number of rotatable bonds is 9. The van der Waals surface area contributed by atoms with Gasteiger partial charge in [0.25, 0.3) is 0 Å². The van der Waals surface area contributed by atoms with Crippen molar-refractivity contribution in [2.24, 2.45) is 5.92 Å². The Kier molecular flexibility index (Phi) is 7.84. The molecule has 1 aliphatic heterocycles. The van der Waals surface area contributed by atoms with Gasteiger partial charge in [-0.2, -0.15) is 5.26 Å². The van der Waals surface area contributed by atoms with E-state index in [0.717, 1.165) is 22.6 Å². The molecule has 176 valence electrons. The van der Waals surface area contributed by atoms with Gasteiger partial charge in [0, 0.05) is 5.92 Å². The Labute approximate surface area is 201 Å². The monoisotopic (exact) mass is 457 g/mol. The lowest BCUT2D eigenvalue weighted by Gasteiger charge is -2.21. The molecule has 0 saturated heterocycles. The van der Waals surface area contributed by atoms with E-state index in [1.165, 1.54) is 16.7 Å². The fraction of sp³-hybridized carbons (Fsp3) is 0.345. The Bertz CT molecular complexity index is 1170. The molecular formula is C29H31NO4. The summed E-state index contributed by atoms with van der Waals surface area (Å²) < 4.78 is 23.5. The number of ether oxygens (including phenoxy) is 4. The molecule has 0 aromatic heterocycles. The van der Waals surface area contributed by atoms with Crippen molar-refractivity contribution in [3.8, 4) is 28.7 Å². The molecule has 0 radical (unpaired) electrons. The molecule has 2 atom stereocenters. The Morgan fingerprint density at radius 1 is 0.941 bits per heavy atom. The van der Waals surface area contributed by atoms with Crippen molar-refractivity contribution in [2.75, 3.05) is 19.8 Å². The molecule has 1 aliphatic rings. The largest absolute Gasteiger partial charge is 0.486 e. The van der Waals surface area contributed by atoms with Gasteiger partial charge in [0.05, 0.1) is 37.6 Å². The molecule has 0 bridgehead atoms. The van der Waals surface area contributed by atoms with E-state index in [-0.39, 0.29) is 12.0 Å². The second-order valence-corrected chi connectivity index (χ2v) is 8.77. The van der Waals surface area contributed by atoms with Crippen molar-refractivity contribution in [1.82, 2.24) is 0 Å². The summed E-state index contributed by atoms with van der Waals surface area (Å²) in [5, 5.41) is 9.05. The molecular weight excluding hydrogens is 426 g/mol. The summed E-state index contributed by atoms with van der Waals surface area (Å²) in [6.45, 7) is 9.14. The predicted octanol–water partition coefficient (Wildman–Crippen LogP) is 6.06. The average Bonchev–Trinajstić information content (AvgIpc) is 2.88. The fourth-order valence-electron chi connectivity index (χ4n) is 3.98. The van der Waals surface area contributed by atoms with Crippen LogP contribution in [0.4, 0.5) is 0 Å². The minimum absolute atomic E-state index is 0.0379.